The molecule has 0 unspecified atom stereocenters. The molecule has 1 saturated heterocycles. The van der Waals surface area contributed by atoms with Crippen LogP contribution in [-0.4, -0.2) is 36.9 Å². The lowest BCUT2D eigenvalue weighted by Crippen LogP contribution is -2.37. The molecule has 1 saturated carbocycles. The smallest absolute Gasteiger partial charge is 0.311 e. The van der Waals surface area contributed by atoms with Gasteiger partial charge >= 0.3 is 5.97 Å². The van der Waals surface area contributed by atoms with Crippen LogP contribution in [0.3, 0.4) is 0 Å². The van der Waals surface area contributed by atoms with Crippen molar-refractivity contribution in [3.8, 4) is 0 Å². The van der Waals surface area contributed by atoms with Gasteiger partial charge in [-0.3, -0.25) is 4.79 Å². The molecule has 0 spiro atoms. The number of halogens is 2. The number of aliphatic carboxylic acids is 1. The van der Waals surface area contributed by atoms with E-state index in [2.05, 4.69) is 0 Å². The molecular weight excluding hydrogens is 349 g/mol. The van der Waals surface area contributed by atoms with Gasteiger partial charge in [-0.25, -0.2) is 8.42 Å². The Labute approximate surface area is 138 Å². The molecule has 120 valence electrons. The van der Waals surface area contributed by atoms with Crippen LogP contribution in [0.15, 0.2) is 23.1 Å². The number of sulfonamides is 1. The first-order chi connectivity index (χ1) is 10.3. The molecule has 1 aromatic carbocycles. The van der Waals surface area contributed by atoms with Crippen LogP contribution in [0, 0.1) is 11.3 Å². The molecule has 1 aliphatic heterocycles. The minimum atomic E-state index is -3.82. The summed E-state index contributed by atoms with van der Waals surface area (Å²) in [5, 5.41) is 9.96. The number of benzene rings is 1. The van der Waals surface area contributed by atoms with Crippen LogP contribution in [0.5, 0.6) is 0 Å². The molecule has 1 aliphatic carbocycles. The minimum Gasteiger partial charge on any atom is -0.481 e. The molecule has 2 fully saturated rings. The van der Waals surface area contributed by atoms with Crippen LogP contribution in [0.2, 0.25) is 10.0 Å². The molecule has 22 heavy (non-hydrogen) atoms. The van der Waals surface area contributed by atoms with E-state index in [1.165, 1.54) is 22.5 Å². The maximum atomic E-state index is 12.8. The molecule has 8 heteroatoms. The number of carboxylic acids is 1. The lowest BCUT2D eigenvalue weighted by atomic mass is 9.81. The fraction of sp³-hybridized carbons (Fsp3) is 0.500. The number of hydrogen-bond acceptors (Lipinski definition) is 3. The monoisotopic (exact) mass is 363 g/mol. The summed E-state index contributed by atoms with van der Waals surface area (Å²) in [6.07, 6.45) is 2.09. The van der Waals surface area contributed by atoms with Gasteiger partial charge < -0.3 is 5.11 Å². The first-order valence-electron chi connectivity index (χ1n) is 6.96. The van der Waals surface area contributed by atoms with Gasteiger partial charge in [-0.2, -0.15) is 4.31 Å². The fourth-order valence-electron chi connectivity index (χ4n) is 3.60. The van der Waals surface area contributed by atoms with Gasteiger partial charge in [-0.1, -0.05) is 29.6 Å². The van der Waals surface area contributed by atoms with Gasteiger partial charge in [-0.05, 0) is 37.0 Å². The Kier molecular flexibility index (Phi) is 3.92. The van der Waals surface area contributed by atoms with Crippen LogP contribution in [0.1, 0.15) is 19.3 Å². The van der Waals surface area contributed by atoms with Gasteiger partial charge in [0.25, 0.3) is 0 Å². The highest BCUT2D eigenvalue weighted by Gasteiger charge is 2.57. The van der Waals surface area contributed by atoms with Crippen LogP contribution in [-0.2, 0) is 14.8 Å². The summed E-state index contributed by atoms with van der Waals surface area (Å²) in [7, 11) is -3.82. The summed E-state index contributed by atoms with van der Waals surface area (Å²) in [6.45, 7) is 0.238. The van der Waals surface area contributed by atoms with Crippen molar-refractivity contribution < 1.29 is 18.3 Å². The van der Waals surface area contributed by atoms with E-state index in [1.54, 1.807) is 0 Å². The van der Waals surface area contributed by atoms with Gasteiger partial charge in [0.05, 0.1) is 10.4 Å². The van der Waals surface area contributed by atoms with Crippen molar-refractivity contribution in [1.29, 1.82) is 0 Å². The zero-order valence-electron chi connectivity index (χ0n) is 11.6. The van der Waals surface area contributed by atoms with Crippen molar-refractivity contribution in [3.05, 3.63) is 28.2 Å². The Morgan fingerprint density at radius 1 is 1.36 bits per heavy atom. The van der Waals surface area contributed by atoms with Crippen LogP contribution < -0.4 is 0 Å². The summed E-state index contributed by atoms with van der Waals surface area (Å²) < 4.78 is 26.8. The lowest BCUT2D eigenvalue weighted by molar-refractivity contribution is -0.149. The molecule has 1 heterocycles. The van der Waals surface area contributed by atoms with E-state index < -0.39 is 21.4 Å². The first-order valence-corrected chi connectivity index (χ1v) is 9.15. The van der Waals surface area contributed by atoms with E-state index >= 15 is 0 Å². The quantitative estimate of drug-likeness (QED) is 0.895. The molecule has 2 atom stereocenters. The van der Waals surface area contributed by atoms with E-state index in [0.717, 1.165) is 12.8 Å². The predicted octanol–water partition coefficient (Wildman–Crippen LogP) is 2.87. The van der Waals surface area contributed by atoms with Crippen molar-refractivity contribution >= 4 is 39.2 Å². The molecule has 2 aliphatic rings. The highest BCUT2D eigenvalue weighted by atomic mass is 35.5. The third-order valence-electron chi connectivity index (χ3n) is 4.78. The summed E-state index contributed by atoms with van der Waals surface area (Å²) >= 11 is 11.8. The summed E-state index contributed by atoms with van der Waals surface area (Å²) in [6, 6.07) is 4.20. The largest absolute Gasteiger partial charge is 0.481 e. The van der Waals surface area contributed by atoms with E-state index in [-0.39, 0.29) is 28.9 Å². The van der Waals surface area contributed by atoms with Gasteiger partial charge in [0.15, 0.2) is 0 Å². The Hall–Kier alpha value is -0.820. The van der Waals surface area contributed by atoms with Crippen LogP contribution >= 0.6 is 23.2 Å². The molecule has 0 bridgehead atoms. The number of nitrogens with zero attached hydrogens (tertiary/aromatic N) is 1. The van der Waals surface area contributed by atoms with Gasteiger partial charge in [-0.15, -0.1) is 0 Å². The number of rotatable bonds is 3. The van der Waals surface area contributed by atoms with Crippen molar-refractivity contribution in [1.82, 2.24) is 4.31 Å². The maximum absolute atomic E-state index is 12.8. The van der Waals surface area contributed by atoms with Crippen LogP contribution in [0.4, 0.5) is 0 Å². The zero-order valence-corrected chi connectivity index (χ0v) is 14.0. The molecule has 1 aromatic rings. The summed E-state index contributed by atoms with van der Waals surface area (Å²) in [4.78, 5) is 11.6. The number of carbonyl (C=O) groups is 1. The third kappa shape index (κ3) is 2.33. The SMILES string of the molecule is O=C(O)[C@@]12CCC[C@H]1CN(S(=O)(=O)c1ccc(Cl)cc1Cl)C2. The first kappa shape index (κ1) is 16.1. The Balaban J connectivity index is 1.96. The fourth-order valence-corrected chi connectivity index (χ4v) is 5.90. The molecule has 0 amide bonds. The lowest BCUT2D eigenvalue weighted by Gasteiger charge is -2.23. The van der Waals surface area contributed by atoms with Gasteiger partial charge in [0.2, 0.25) is 10.0 Å². The average Bonchev–Trinajstić information content (AvgIpc) is 2.95. The van der Waals surface area contributed by atoms with E-state index in [9.17, 15) is 18.3 Å². The maximum Gasteiger partial charge on any atom is 0.311 e. The standard InChI is InChI=1S/C14H15Cl2NO4S/c15-10-3-4-12(11(16)6-10)22(20,21)17-7-9-2-1-5-14(9,8-17)13(18)19/h3-4,6,9H,1-2,5,7-8H2,(H,18,19)/t9-,14+/m0/s1. The van der Waals surface area contributed by atoms with Crippen LogP contribution in [0.25, 0.3) is 0 Å². The van der Waals surface area contributed by atoms with E-state index in [0.29, 0.717) is 11.4 Å². The Morgan fingerprint density at radius 3 is 2.68 bits per heavy atom. The predicted molar refractivity (Wildman–Crippen MR) is 82.6 cm³/mol. The molecule has 1 N–H and O–H groups in total. The number of hydrogen-bond donors (Lipinski definition) is 1. The summed E-state index contributed by atoms with van der Waals surface area (Å²) in [5.41, 5.74) is -0.952. The molecular formula is C14H15Cl2NO4S. The van der Waals surface area contributed by atoms with Gasteiger partial charge in [0, 0.05) is 18.1 Å². The van der Waals surface area contributed by atoms with Crippen molar-refractivity contribution in [2.75, 3.05) is 13.1 Å². The summed E-state index contributed by atoms with van der Waals surface area (Å²) in [5.74, 6) is -1.04. The second-order valence-corrected chi connectivity index (χ2v) is 8.67. The highest BCUT2D eigenvalue weighted by molar-refractivity contribution is 7.89. The van der Waals surface area contributed by atoms with E-state index in [1.807, 2.05) is 0 Å². The Morgan fingerprint density at radius 2 is 2.09 bits per heavy atom. The molecule has 0 radical (unpaired) electrons. The minimum absolute atomic E-state index is 0.00822. The number of fused-ring (bicyclic) bond motifs is 1. The Bertz CT molecular complexity index is 736. The second-order valence-electron chi connectivity index (χ2n) is 5.92. The third-order valence-corrected chi connectivity index (χ3v) is 7.31. The molecule has 0 aromatic heterocycles. The van der Waals surface area contributed by atoms with Crippen molar-refractivity contribution in [2.24, 2.45) is 11.3 Å². The average molecular weight is 364 g/mol. The molecule has 3 rings (SSSR count). The van der Waals surface area contributed by atoms with E-state index in [4.69, 9.17) is 23.2 Å². The molecule has 5 nitrogen and oxygen atoms in total. The van der Waals surface area contributed by atoms with Crippen molar-refractivity contribution in [2.45, 2.75) is 24.2 Å². The topological polar surface area (TPSA) is 74.7 Å². The second kappa shape index (κ2) is 5.37. The normalized spacial score (nSPS) is 28.7. The van der Waals surface area contributed by atoms with Gasteiger partial charge in [0.1, 0.15) is 4.90 Å². The van der Waals surface area contributed by atoms with Crippen molar-refractivity contribution in [3.63, 3.8) is 0 Å². The zero-order chi connectivity index (χ0) is 16.1. The highest BCUT2D eigenvalue weighted by Crippen LogP contribution is 2.50. The number of carboxylic acid groups (broad SMARTS) is 1.